The van der Waals surface area contributed by atoms with E-state index in [2.05, 4.69) is 10.4 Å². The number of aliphatic carboxylic acids is 1. The zero-order valence-corrected chi connectivity index (χ0v) is 9.87. The number of aromatic nitrogens is 2. The minimum absolute atomic E-state index is 0.0697. The second-order valence-corrected chi connectivity index (χ2v) is 4.48. The molecule has 0 spiro atoms. The molecule has 1 aliphatic carbocycles. The molecule has 2 N–H and O–H groups in total. The molecule has 98 valence electrons. The van der Waals surface area contributed by atoms with Crippen LogP contribution in [0.5, 0.6) is 0 Å². The lowest BCUT2D eigenvalue weighted by Crippen LogP contribution is -2.18. The molecule has 1 saturated carbocycles. The van der Waals surface area contributed by atoms with Crippen LogP contribution in [0.3, 0.4) is 0 Å². The van der Waals surface area contributed by atoms with Crippen LogP contribution in [-0.4, -0.2) is 31.8 Å². The lowest BCUT2D eigenvalue weighted by atomic mass is 10.1. The summed E-state index contributed by atoms with van der Waals surface area (Å²) in [6, 6.07) is -0.0697. The van der Waals surface area contributed by atoms with Crippen LogP contribution in [0, 0.1) is 16.0 Å². The highest BCUT2D eigenvalue weighted by Crippen LogP contribution is 2.30. The average molecular weight is 254 g/mol. The van der Waals surface area contributed by atoms with E-state index in [1.165, 1.54) is 10.9 Å². The minimum atomic E-state index is -0.810. The summed E-state index contributed by atoms with van der Waals surface area (Å²) < 4.78 is 1.37. The van der Waals surface area contributed by atoms with Gasteiger partial charge in [-0.2, -0.15) is 0 Å². The summed E-state index contributed by atoms with van der Waals surface area (Å²) >= 11 is 0. The Balaban J connectivity index is 2.06. The first-order valence-electron chi connectivity index (χ1n) is 5.64. The molecule has 2 rings (SSSR count). The molecule has 8 heteroatoms. The quantitative estimate of drug-likeness (QED) is 0.612. The molecule has 0 bridgehead atoms. The van der Waals surface area contributed by atoms with Crippen LogP contribution in [0.15, 0.2) is 6.20 Å². The molecular formula is C10H14N4O4. The summed E-state index contributed by atoms with van der Waals surface area (Å²) in [5, 5.41) is 26.6. The Kier molecular flexibility index (Phi) is 3.17. The Morgan fingerprint density at radius 3 is 2.94 bits per heavy atom. The van der Waals surface area contributed by atoms with Gasteiger partial charge in [0.25, 0.3) is 0 Å². The molecule has 1 aliphatic rings. The van der Waals surface area contributed by atoms with Crippen molar-refractivity contribution >= 4 is 17.5 Å². The summed E-state index contributed by atoms with van der Waals surface area (Å²) in [6.45, 7) is 0. The number of hydrogen-bond donors (Lipinski definition) is 2. The molecule has 0 aromatic carbocycles. The summed E-state index contributed by atoms with van der Waals surface area (Å²) in [6.07, 6.45) is 3.08. The van der Waals surface area contributed by atoms with Gasteiger partial charge in [0.2, 0.25) is 5.82 Å². The fourth-order valence-electron chi connectivity index (χ4n) is 2.24. The molecule has 2 unspecified atom stereocenters. The number of nitrogens with zero attached hydrogens (tertiary/aromatic N) is 3. The van der Waals surface area contributed by atoms with E-state index in [1.807, 2.05) is 0 Å². The van der Waals surface area contributed by atoms with Gasteiger partial charge in [0.15, 0.2) is 0 Å². The Bertz CT molecular complexity index is 484. The maximum atomic E-state index is 10.8. The third-order valence-electron chi connectivity index (χ3n) is 3.13. The predicted molar refractivity (Wildman–Crippen MR) is 62.2 cm³/mol. The Labute approximate surface area is 103 Å². The monoisotopic (exact) mass is 254 g/mol. The highest BCUT2D eigenvalue weighted by molar-refractivity contribution is 5.70. The van der Waals surface area contributed by atoms with E-state index >= 15 is 0 Å². The van der Waals surface area contributed by atoms with Crippen molar-refractivity contribution in [3.63, 3.8) is 0 Å². The van der Waals surface area contributed by atoms with E-state index in [0.29, 0.717) is 19.3 Å². The molecule has 8 nitrogen and oxygen atoms in total. The van der Waals surface area contributed by atoms with Crippen molar-refractivity contribution in [2.45, 2.75) is 25.3 Å². The first-order chi connectivity index (χ1) is 8.47. The van der Waals surface area contributed by atoms with Crippen molar-refractivity contribution in [2.75, 3.05) is 5.32 Å². The summed E-state index contributed by atoms with van der Waals surface area (Å²) in [5.41, 5.74) is -0.0868. The average Bonchev–Trinajstić information content (AvgIpc) is 2.86. The van der Waals surface area contributed by atoms with Crippen LogP contribution in [0.4, 0.5) is 11.5 Å². The van der Waals surface area contributed by atoms with Crippen LogP contribution in [0.2, 0.25) is 0 Å². The van der Waals surface area contributed by atoms with Crippen LogP contribution in [0.1, 0.15) is 19.3 Å². The number of nitro groups is 1. The number of hydrogen-bond acceptors (Lipinski definition) is 5. The molecule has 1 aromatic heterocycles. The van der Waals surface area contributed by atoms with Crippen molar-refractivity contribution in [1.29, 1.82) is 0 Å². The number of aryl methyl sites for hydroxylation is 1. The molecule has 1 heterocycles. The number of rotatable bonds is 4. The number of carboxylic acid groups (broad SMARTS) is 1. The number of nitrogens with one attached hydrogen (secondary N) is 1. The molecule has 0 aliphatic heterocycles. The van der Waals surface area contributed by atoms with E-state index < -0.39 is 10.9 Å². The Hall–Kier alpha value is -2.12. The molecule has 0 saturated heterocycles. The zero-order chi connectivity index (χ0) is 13.3. The van der Waals surface area contributed by atoms with Gasteiger partial charge in [-0.3, -0.25) is 19.6 Å². The van der Waals surface area contributed by atoms with Crippen molar-refractivity contribution < 1.29 is 14.8 Å². The maximum Gasteiger partial charge on any atom is 0.330 e. The Morgan fingerprint density at radius 2 is 2.39 bits per heavy atom. The molecule has 1 fully saturated rings. The van der Waals surface area contributed by atoms with Gasteiger partial charge < -0.3 is 10.4 Å². The van der Waals surface area contributed by atoms with E-state index in [1.54, 1.807) is 7.05 Å². The van der Waals surface area contributed by atoms with Crippen molar-refractivity contribution in [3.05, 3.63) is 16.3 Å². The highest BCUT2D eigenvalue weighted by Gasteiger charge is 2.31. The lowest BCUT2D eigenvalue weighted by Gasteiger charge is -2.10. The van der Waals surface area contributed by atoms with E-state index in [4.69, 9.17) is 5.11 Å². The number of carboxylic acids is 1. The van der Waals surface area contributed by atoms with Gasteiger partial charge in [-0.1, -0.05) is 0 Å². The van der Waals surface area contributed by atoms with E-state index in [-0.39, 0.29) is 23.5 Å². The largest absolute Gasteiger partial charge is 0.481 e. The predicted octanol–water partition coefficient (Wildman–Crippen LogP) is 0.993. The van der Waals surface area contributed by atoms with Crippen LogP contribution >= 0.6 is 0 Å². The van der Waals surface area contributed by atoms with Gasteiger partial charge in [-0.15, -0.1) is 5.10 Å². The van der Waals surface area contributed by atoms with Gasteiger partial charge in [0.05, 0.1) is 10.8 Å². The third-order valence-corrected chi connectivity index (χ3v) is 3.13. The van der Waals surface area contributed by atoms with E-state index in [9.17, 15) is 14.9 Å². The second kappa shape index (κ2) is 4.63. The van der Waals surface area contributed by atoms with Crippen LogP contribution in [0.25, 0.3) is 0 Å². The first kappa shape index (κ1) is 12.3. The summed E-state index contributed by atoms with van der Waals surface area (Å²) in [7, 11) is 1.60. The standard InChI is InChI=1S/C10H14N4O4/c1-13-5-8(14(17)18)9(12-13)11-7-3-2-6(4-7)10(15)16/h5-7H,2-4H2,1H3,(H,11,12)(H,15,16). The number of anilines is 1. The number of carbonyl (C=O) groups is 1. The third kappa shape index (κ3) is 2.41. The van der Waals surface area contributed by atoms with Crippen molar-refractivity contribution in [2.24, 2.45) is 13.0 Å². The Morgan fingerprint density at radius 1 is 1.67 bits per heavy atom. The zero-order valence-electron chi connectivity index (χ0n) is 9.87. The fourth-order valence-corrected chi connectivity index (χ4v) is 2.24. The van der Waals surface area contributed by atoms with Gasteiger partial charge >= 0.3 is 11.7 Å². The summed E-state index contributed by atoms with van der Waals surface area (Å²) in [4.78, 5) is 21.1. The topological polar surface area (TPSA) is 110 Å². The van der Waals surface area contributed by atoms with Crippen molar-refractivity contribution in [1.82, 2.24) is 9.78 Å². The SMILES string of the molecule is Cn1cc([N+](=O)[O-])c(NC2CCC(C(=O)O)C2)n1. The maximum absolute atomic E-state index is 10.8. The molecule has 1 aromatic rings. The molecule has 0 radical (unpaired) electrons. The molecular weight excluding hydrogens is 240 g/mol. The van der Waals surface area contributed by atoms with Gasteiger partial charge in [-0.25, -0.2) is 0 Å². The van der Waals surface area contributed by atoms with Crippen LogP contribution < -0.4 is 5.32 Å². The molecule has 18 heavy (non-hydrogen) atoms. The van der Waals surface area contributed by atoms with Crippen LogP contribution in [-0.2, 0) is 11.8 Å². The van der Waals surface area contributed by atoms with Crippen molar-refractivity contribution in [3.8, 4) is 0 Å². The fraction of sp³-hybridized carbons (Fsp3) is 0.600. The summed E-state index contributed by atoms with van der Waals surface area (Å²) in [5.74, 6) is -0.973. The van der Waals surface area contributed by atoms with Gasteiger partial charge in [0.1, 0.15) is 6.20 Å². The normalized spacial score (nSPS) is 22.9. The van der Waals surface area contributed by atoms with E-state index in [0.717, 1.165) is 0 Å². The van der Waals surface area contributed by atoms with Gasteiger partial charge in [0, 0.05) is 13.1 Å². The molecule has 2 atom stereocenters. The minimum Gasteiger partial charge on any atom is -0.481 e. The first-order valence-corrected chi connectivity index (χ1v) is 5.64. The van der Waals surface area contributed by atoms with Gasteiger partial charge in [-0.05, 0) is 19.3 Å². The second-order valence-electron chi connectivity index (χ2n) is 4.48. The lowest BCUT2D eigenvalue weighted by molar-refractivity contribution is -0.384. The smallest absolute Gasteiger partial charge is 0.330 e. The molecule has 0 amide bonds. The highest BCUT2D eigenvalue weighted by atomic mass is 16.6.